The van der Waals surface area contributed by atoms with Crippen molar-refractivity contribution >= 4 is 10.1 Å². The van der Waals surface area contributed by atoms with Gasteiger partial charge in [-0.15, -0.1) is 0 Å². The van der Waals surface area contributed by atoms with Crippen LogP contribution in [0.1, 0.15) is 41.9 Å². The zero-order valence-corrected chi connectivity index (χ0v) is 19.1. The lowest BCUT2D eigenvalue weighted by atomic mass is 9.81. The van der Waals surface area contributed by atoms with Gasteiger partial charge in [-0.25, -0.2) is 0 Å². The summed E-state index contributed by atoms with van der Waals surface area (Å²) in [6, 6.07) is 32.1. The third-order valence-corrected chi connectivity index (χ3v) is 6.97. The van der Waals surface area contributed by atoms with Crippen LogP contribution in [0.5, 0.6) is 5.75 Å². The smallest absolute Gasteiger partial charge is 0.298 e. The molecule has 0 saturated carbocycles. The molecule has 4 aromatic carbocycles. The summed E-state index contributed by atoms with van der Waals surface area (Å²) in [4.78, 5) is -0.459. The first kappa shape index (κ1) is 22.8. The van der Waals surface area contributed by atoms with Gasteiger partial charge in [-0.2, -0.15) is 8.42 Å². The van der Waals surface area contributed by atoms with E-state index in [0.29, 0.717) is 17.5 Å². The molecule has 0 spiro atoms. The van der Waals surface area contributed by atoms with Crippen LogP contribution in [-0.2, 0) is 10.1 Å². The van der Waals surface area contributed by atoms with Crippen LogP contribution in [-0.4, -0.2) is 18.1 Å². The second kappa shape index (κ2) is 9.61. The summed E-state index contributed by atoms with van der Waals surface area (Å²) >= 11 is 0. The van der Waals surface area contributed by atoms with Gasteiger partial charge in [0.15, 0.2) is 0 Å². The normalized spacial score (nSPS) is 13.4. The molecule has 0 aliphatic rings. The molecule has 0 saturated heterocycles. The van der Waals surface area contributed by atoms with Gasteiger partial charge in [0.05, 0.1) is 0 Å². The zero-order chi connectivity index (χ0) is 23.4. The average molecular weight is 459 g/mol. The van der Waals surface area contributed by atoms with E-state index in [2.05, 4.69) is 19.1 Å². The number of hydrogen-bond acceptors (Lipinski definition) is 3. The number of hydrogen-bond donors (Lipinski definition) is 2. The van der Waals surface area contributed by atoms with Crippen LogP contribution in [0.25, 0.3) is 11.1 Å². The number of aromatic hydroxyl groups is 1. The molecule has 2 unspecified atom stereocenters. The van der Waals surface area contributed by atoms with Gasteiger partial charge in [-0.3, -0.25) is 4.55 Å². The molecule has 33 heavy (non-hydrogen) atoms. The summed E-state index contributed by atoms with van der Waals surface area (Å²) in [5.74, 6) is -0.529. The van der Waals surface area contributed by atoms with Gasteiger partial charge in [-0.1, -0.05) is 110 Å². The molecule has 168 valence electrons. The third kappa shape index (κ3) is 5.00. The molecule has 0 amide bonds. The molecule has 2 N–H and O–H groups in total. The lowest BCUT2D eigenvalue weighted by Gasteiger charge is -2.24. The van der Waals surface area contributed by atoms with Gasteiger partial charge < -0.3 is 5.11 Å². The Labute approximate surface area is 194 Å². The minimum Gasteiger partial charge on any atom is -0.506 e. The van der Waals surface area contributed by atoms with Crippen molar-refractivity contribution in [2.75, 3.05) is 0 Å². The lowest BCUT2D eigenvalue weighted by Crippen LogP contribution is -2.09. The van der Waals surface area contributed by atoms with Crippen LogP contribution in [0.2, 0.25) is 0 Å². The van der Waals surface area contributed by atoms with E-state index in [9.17, 15) is 18.1 Å². The molecule has 0 heterocycles. The van der Waals surface area contributed by atoms with Crippen molar-refractivity contribution in [1.29, 1.82) is 0 Å². The molecule has 2 atom stereocenters. The highest BCUT2D eigenvalue weighted by atomic mass is 32.2. The maximum atomic E-state index is 12.4. The molecule has 0 radical (unpaired) electrons. The first-order valence-corrected chi connectivity index (χ1v) is 12.3. The molecule has 0 aromatic heterocycles. The molecule has 0 bridgehead atoms. The van der Waals surface area contributed by atoms with E-state index in [1.165, 1.54) is 0 Å². The average Bonchev–Trinajstić information content (AvgIpc) is 2.83. The fourth-order valence-electron chi connectivity index (χ4n) is 4.37. The summed E-state index contributed by atoms with van der Waals surface area (Å²) in [5, 5.41) is 11.2. The molecule has 4 nitrogen and oxygen atoms in total. The van der Waals surface area contributed by atoms with E-state index in [-0.39, 0.29) is 17.4 Å². The Kier molecular flexibility index (Phi) is 6.63. The Bertz CT molecular complexity index is 1320. The Morgan fingerprint density at radius 1 is 0.727 bits per heavy atom. The largest absolute Gasteiger partial charge is 0.506 e. The van der Waals surface area contributed by atoms with Crippen molar-refractivity contribution in [3.05, 3.63) is 120 Å². The fraction of sp³-hybridized carbons (Fsp3) is 0.143. The van der Waals surface area contributed by atoms with Crippen molar-refractivity contribution in [3.63, 3.8) is 0 Å². The van der Waals surface area contributed by atoms with Crippen molar-refractivity contribution in [2.45, 2.75) is 30.1 Å². The topological polar surface area (TPSA) is 74.6 Å². The van der Waals surface area contributed by atoms with Crippen LogP contribution in [0.3, 0.4) is 0 Å². The van der Waals surface area contributed by atoms with E-state index >= 15 is 0 Å². The number of benzene rings is 4. The maximum absolute atomic E-state index is 12.4. The summed E-state index contributed by atoms with van der Waals surface area (Å²) in [6.07, 6.45) is 0.650. The molecule has 0 aliphatic heterocycles. The number of rotatable bonds is 7. The van der Waals surface area contributed by atoms with Crippen LogP contribution >= 0.6 is 0 Å². The molecule has 4 rings (SSSR count). The Morgan fingerprint density at radius 2 is 1.24 bits per heavy atom. The second-order valence-electron chi connectivity index (χ2n) is 8.23. The molecule has 0 fully saturated rings. The molecule has 5 heteroatoms. The van der Waals surface area contributed by atoms with Crippen molar-refractivity contribution < 1.29 is 18.1 Å². The highest BCUT2D eigenvalue weighted by Crippen LogP contribution is 2.44. The van der Waals surface area contributed by atoms with Crippen LogP contribution < -0.4 is 0 Å². The summed E-state index contributed by atoms with van der Waals surface area (Å²) in [7, 11) is -4.68. The molecular formula is C28H26O4S. The highest BCUT2D eigenvalue weighted by molar-refractivity contribution is 7.86. The minimum atomic E-state index is -4.68. The Morgan fingerprint density at radius 3 is 1.79 bits per heavy atom. The van der Waals surface area contributed by atoms with E-state index in [1.807, 2.05) is 54.6 Å². The predicted octanol–water partition coefficient (Wildman–Crippen LogP) is 6.63. The highest BCUT2D eigenvalue weighted by Gasteiger charge is 2.29. The van der Waals surface area contributed by atoms with E-state index in [0.717, 1.165) is 11.1 Å². The third-order valence-electron chi connectivity index (χ3n) is 6.04. The SMILES string of the molecule is CC(CC(c1ccccc1)c1ccc(-c2ccccc2)c(S(=O)(=O)O)c1O)c1ccccc1. The fourth-order valence-corrected chi connectivity index (χ4v) is 5.20. The van der Waals surface area contributed by atoms with Gasteiger partial charge >= 0.3 is 0 Å². The van der Waals surface area contributed by atoms with Gasteiger partial charge in [0, 0.05) is 17.0 Å². The summed E-state index contributed by atoms with van der Waals surface area (Å²) in [6.45, 7) is 2.12. The van der Waals surface area contributed by atoms with E-state index < -0.39 is 20.8 Å². The Balaban J connectivity index is 1.87. The van der Waals surface area contributed by atoms with Crippen LogP contribution in [0, 0.1) is 0 Å². The van der Waals surface area contributed by atoms with Crippen molar-refractivity contribution in [3.8, 4) is 16.9 Å². The number of phenols is 1. The van der Waals surface area contributed by atoms with E-state index in [1.54, 1.807) is 36.4 Å². The maximum Gasteiger partial charge on any atom is 0.298 e. The van der Waals surface area contributed by atoms with Gasteiger partial charge in [0.2, 0.25) is 0 Å². The van der Waals surface area contributed by atoms with Crippen LogP contribution in [0.4, 0.5) is 0 Å². The number of phenolic OH excluding ortho intramolecular Hbond substituents is 1. The first-order valence-electron chi connectivity index (χ1n) is 10.8. The standard InChI is InChI=1S/C28H26O4S/c1-20(21-11-5-2-6-12-21)19-26(23-15-9-4-10-16-23)25-18-17-24(22-13-7-3-8-14-22)28(27(25)29)33(30,31)32/h2-18,20,26,29H,19H2,1H3,(H,30,31,32). The molecule has 4 aromatic rings. The van der Waals surface area contributed by atoms with Crippen molar-refractivity contribution in [1.82, 2.24) is 0 Å². The second-order valence-corrected chi connectivity index (χ2v) is 9.59. The molecular weight excluding hydrogens is 432 g/mol. The minimum absolute atomic E-state index is 0.152. The van der Waals surface area contributed by atoms with Crippen LogP contribution in [0.15, 0.2) is 108 Å². The Hall–Kier alpha value is -3.41. The van der Waals surface area contributed by atoms with E-state index in [4.69, 9.17) is 0 Å². The predicted molar refractivity (Wildman–Crippen MR) is 131 cm³/mol. The summed E-state index contributed by atoms with van der Waals surface area (Å²) in [5.41, 5.74) is 3.46. The zero-order valence-electron chi connectivity index (χ0n) is 18.3. The van der Waals surface area contributed by atoms with Gasteiger partial charge in [0.1, 0.15) is 10.6 Å². The first-order chi connectivity index (χ1) is 15.9. The quantitative estimate of drug-likeness (QED) is 0.305. The monoisotopic (exact) mass is 458 g/mol. The molecule has 0 aliphatic carbocycles. The van der Waals surface area contributed by atoms with Gasteiger partial charge in [0.25, 0.3) is 10.1 Å². The lowest BCUT2D eigenvalue weighted by molar-refractivity contribution is 0.433. The summed E-state index contributed by atoms with van der Waals surface area (Å²) < 4.78 is 34.9. The van der Waals surface area contributed by atoms with Gasteiger partial charge in [-0.05, 0) is 29.0 Å². The van der Waals surface area contributed by atoms with Crippen molar-refractivity contribution in [2.24, 2.45) is 0 Å².